The molecule has 4 nitrogen and oxygen atoms in total. The third-order valence-electron chi connectivity index (χ3n) is 5.63. The molecule has 4 heteroatoms. The first-order valence-electron chi connectivity index (χ1n) is 11.3. The SMILES string of the molecule is CC(C)(C)CC(C)(C)c1cc(CCCC[N+](=O)[O-])cc(C(C)(C)CC(C)(C)C)c1O. The number of benzene rings is 1. The number of hydrogen-bond acceptors (Lipinski definition) is 3. The summed E-state index contributed by atoms with van der Waals surface area (Å²) >= 11 is 0. The van der Waals surface area contributed by atoms with E-state index in [0.717, 1.165) is 36.8 Å². The second-order valence-electron chi connectivity index (χ2n) is 12.8. The van der Waals surface area contributed by atoms with Gasteiger partial charge in [0.1, 0.15) is 5.75 Å². The van der Waals surface area contributed by atoms with E-state index in [0.29, 0.717) is 12.2 Å². The minimum atomic E-state index is -0.243. The van der Waals surface area contributed by atoms with E-state index in [1.54, 1.807) is 0 Å². The third kappa shape index (κ3) is 8.28. The first-order chi connectivity index (χ1) is 13.3. The highest BCUT2D eigenvalue weighted by atomic mass is 16.6. The smallest absolute Gasteiger partial charge is 0.203 e. The summed E-state index contributed by atoms with van der Waals surface area (Å²) in [7, 11) is 0. The fourth-order valence-electron chi connectivity index (χ4n) is 5.28. The van der Waals surface area contributed by atoms with E-state index in [2.05, 4.69) is 81.4 Å². The Balaban J connectivity index is 3.45. The van der Waals surface area contributed by atoms with Crippen LogP contribution in [0.4, 0.5) is 0 Å². The zero-order chi connectivity index (χ0) is 23.5. The molecule has 1 rings (SSSR count). The van der Waals surface area contributed by atoms with Crippen molar-refractivity contribution in [2.24, 2.45) is 10.8 Å². The van der Waals surface area contributed by atoms with Crippen LogP contribution in [0.3, 0.4) is 0 Å². The Morgan fingerprint density at radius 3 is 1.53 bits per heavy atom. The maximum absolute atomic E-state index is 11.4. The van der Waals surface area contributed by atoms with Crippen molar-refractivity contribution >= 4 is 0 Å². The second kappa shape index (κ2) is 9.28. The molecule has 1 aromatic rings. The van der Waals surface area contributed by atoms with Crippen LogP contribution >= 0.6 is 0 Å². The van der Waals surface area contributed by atoms with Crippen LogP contribution in [0.15, 0.2) is 12.1 Å². The molecule has 0 unspecified atom stereocenters. The summed E-state index contributed by atoms with van der Waals surface area (Å²) in [6.07, 6.45) is 4.07. The van der Waals surface area contributed by atoms with E-state index in [9.17, 15) is 15.2 Å². The summed E-state index contributed by atoms with van der Waals surface area (Å²) in [5.41, 5.74) is 3.10. The lowest BCUT2D eigenvalue weighted by Crippen LogP contribution is -2.28. The molecule has 0 fully saturated rings. The third-order valence-corrected chi connectivity index (χ3v) is 5.63. The van der Waals surface area contributed by atoms with Gasteiger partial charge in [-0.25, -0.2) is 0 Å². The van der Waals surface area contributed by atoms with E-state index in [1.165, 1.54) is 5.56 Å². The van der Waals surface area contributed by atoms with E-state index in [1.807, 2.05) is 0 Å². The molecule has 0 spiro atoms. The molecule has 0 heterocycles. The fraction of sp³-hybridized carbons (Fsp3) is 0.769. The number of unbranched alkanes of at least 4 members (excludes halogenated alkanes) is 1. The van der Waals surface area contributed by atoms with Gasteiger partial charge in [0.05, 0.1) is 0 Å². The zero-order valence-corrected chi connectivity index (χ0v) is 21.1. The van der Waals surface area contributed by atoms with Gasteiger partial charge in [0.15, 0.2) is 0 Å². The minimum Gasteiger partial charge on any atom is -0.507 e. The van der Waals surface area contributed by atoms with Gasteiger partial charge in [-0.15, -0.1) is 0 Å². The number of rotatable bonds is 9. The summed E-state index contributed by atoms with van der Waals surface area (Å²) in [5, 5.41) is 22.1. The molecule has 0 atom stereocenters. The number of nitro groups is 1. The number of phenolic OH excluding ortho intramolecular Hbond substituents is 1. The normalized spacial score (nSPS) is 13.5. The van der Waals surface area contributed by atoms with E-state index >= 15 is 0 Å². The Hall–Kier alpha value is -1.58. The summed E-state index contributed by atoms with van der Waals surface area (Å²) in [6, 6.07) is 4.29. The van der Waals surface area contributed by atoms with Crippen LogP contribution in [0.25, 0.3) is 0 Å². The van der Waals surface area contributed by atoms with Crippen LogP contribution in [0.1, 0.15) is 112 Å². The zero-order valence-electron chi connectivity index (χ0n) is 21.1. The van der Waals surface area contributed by atoms with Crippen molar-refractivity contribution in [1.29, 1.82) is 0 Å². The van der Waals surface area contributed by atoms with Crippen LogP contribution in [-0.2, 0) is 17.3 Å². The molecule has 0 aromatic heterocycles. The average Bonchev–Trinajstić information content (AvgIpc) is 2.47. The fourth-order valence-corrected chi connectivity index (χ4v) is 5.28. The van der Waals surface area contributed by atoms with Crippen molar-refractivity contribution < 1.29 is 10.0 Å². The van der Waals surface area contributed by atoms with Crippen molar-refractivity contribution in [3.05, 3.63) is 38.9 Å². The molecule has 30 heavy (non-hydrogen) atoms. The topological polar surface area (TPSA) is 63.4 Å². The molecule has 0 amide bonds. The van der Waals surface area contributed by atoms with Gasteiger partial charge in [-0.3, -0.25) is 10.1 Å². The lowest BCUT2D eigenvalue weighted by atomic mass is 9.67. The Bertz CT molecular complexity index is 685. The Morgan fingerprint density at radius 2 is 1.20 bits per heavy atom. The lowest BCUT2D eigenvalue weighted by Gasteiger charge is -2.37. The van der Waals surface area contributed by atoms with Gasteiger partial charge in [-0.1, -0.05) is 81.4 Å². The number of nitrogens with zero attached hydrogens (tertiary/aromatic N) is 1. The molecular weight excluding hydrogens is 374 g/mol. The highest BCUT2D eigenvalue weighted by Gasteiger charge is 2.35. The minimum absolute atomic E-state index is 0.0167. The van der Waals surface area contributed by atoms with Crippen LogP contribution in [0, 0.1) is 20.9 Å². The van der Waals surface area contributed by atoms with Gasteiger partial charge >= 0.3 is 0 Å². The predicted octanol–water partition coefficient (Wildman–Crippen LogP) is 7.42. The largest absolute Gasteiger partial charge is 0.507 e. The Labute approximate surface area is 184 Å². The Kier molecular flexibility index (Phi) is 8.18. The first kappa shape index (κ1) is 26.5. The number of aromatic hydroxyl groups is 1. The first-order valence-corrected chi connectivity index (χ1v) is 11.3. The molecule has 1 N–H and O–H groups in total. The molecule has 0 saturated heterocycles. The highest BCUT2D eigenvalue weighted by Crippen LogP contribution is 2.47. The van der Waals surface area contributed by atoms with E-state index in [-0.39, 0.29) is 33.1 Å². The molecule has 0 aliphatic heterocycles. The monoisotopic (exact) mass is 419 g/mol. The van der Waals surface area contributed by atoms with Gasteiger partial charge in [0.2, 0.25) is 6.54 Å². The summed E-state index contributed by atoms with van der Waals surface area (Å²) in [4.78, 5) is 10.4. The maximum Gasteiger partial charge on any atom is 0.203 e. The molecule has 0 aliphatic carbocycles. The van der Waals surface area contributed by atoms with Crippen LogP contribution in [0.5, 0.6) is 5.75 Å². The summed E-state index contributed by atoms with van der Waals surface area (Å²) < 4.78 is 0. The number of phenols is 1. The second-order valence-corrected chi connectivity index (χ2v) is 12.8. The molecule has 0 saturated carbocycles. The number of aryl methyl sites for hydroxylation is 1. The summed E-state index contributed by atoms with van der Waals surface area (Å²) in [6.45, 7) is 22.3. The molecule has 0 bridgehead atoms. The predicted molar refractivity (Wildman–Crippen MR) is 127 cm³/mol. The van der Waals surface area contributed by atoms with Crippen molar-refractivity contribution in [1.82, 2.24) is 0 Å². The molecule has 0 aliphatic rings. The van der Waals surface area contributed by atoms with Crippen molar-refractivity contribution in [3.63, 3.8) is 0 Å². The maximum atomic E-state index is 11.4. The van der Waals surface area contributed by atoms with Crippen LogP contribution in [-0.4, -0.2) is 16.6 Å². The molecule has 172 valence electrons. The van der Waals surface area contributed by atoms with Gasteiger partial charge in [-0.05, 0) is 52.9 Å². The Morgan fingerprint density at radius 1 is 0.800 bits per heavy atom. The number of hydrogen-bond donors (Lipinski definition) is 1. The van der Waals surface area contributed by atoms with Crippen LogP contribution < -0.4 is 0 Å². The van der Waals surface area contributed by atoms with E-state index in [4.69, 9.17) is 0 Å². The standard InChI is InChI=1S/C26H45NO3/c1-23(2,3)17-25(7,8)20-15-19(13-11-12-14-27(29)30)16-21(22(20)28)26(9,10)18-24(4,5)6/h15-16,28H,11-14,17-18H2,1-10H3. The van der Waals surface area contributed by atoms with Crippen molar-refractivity contribution in [3.8, 4) is 5.75 Å². The average molecular weight is 420 g/mol. The van der Waals surface area contributed by atoms with E-state index < -0.39 is 0 Å². The van der Waals surface area contributed by atoms with Gasteiger partial charge < -0.3 is 5.11 Å². The van der Waals surface area contributed by atoms with Gasteiger partial charge in [0, 0.05) is 22.5 Å². The van der Waals surface area contributed by atoms with Gasteiger partial charge in [0.25, 0.3) is 0 Å². The van der Waals surface area contributed by atoms with Gasteiger partial charge in [-0.2, -0.15) is 0 Å². The molecule has 1 aromatic carbocycles. The lowest BCUT2D eigenvalue weighted by molar-refractivity contribution is -0.480. The summed E-state index contributed by atoms with van der Waals surface area (Å²) in [5.74, 6) is 0.424. The van der Waals surface area contributed by atoms with Crippen molar-refractivity contribution in [2.45, 2.75) is 112 Å². The highest BCUT2D eigenvalue weighted by molar-refractivity contribution is 5.50. The quantitative estimate of drug-likeness (QED) is 0.257. The molecular formula is C26H45NO3. The molecule has 0 radical (unpaired) electrons. The van der Waals surface area contributed by atoms with Crippen molar-refractivity contribution in [2.75, 3.05) is 6.54 Å². The van der Waals surface area contributed by atoms with Crippen LogP contribution in [0.2, 0.25) is 0 Å².